The van der Waals surface area contributed by atoms with Gasteiger partial charge in [0.1, 0.15) is 11.5 Å². The first kappa shape index (κ1) is 20.2. The van der Waals surface area contributed by atoms with Crippen LogP contribution in [0.5, 0.6) is 11.5 Å². The maximum absolute atomic E-state index is 12.8. The van der Waals surface area contributed by atoms with Crippen molar-refractivity contribution in [2.24, 2.45) is 0 Å². The minimum Gasteiger partial charge on any atom is -0.497 e. The topological polar surface area (TPSA) is 77.5 Å². The summed E-state index contributed by atoms with van der Waals surface area (Å²) < 4.78 is 21.4. The molecule has 4 rings (SSSR count). The van der Waals surface area contributed by atoms with Crippen LogP contribution in [-0.2, 0) is 19.1 Å². The molecule has 2 saturated heterocycles. The van der Waals surface area contributed by atoms with Gasteiger partial charge in [0.2, 0.25) is 0 Å². The Morgan fingerprint density at radius 3 is 1.20 bits per heavy atom. The first-order chi connectivity index (χ1) is 14.5. The molecule has 0 saturated carbocycles. The summed E-state index contributed by atoms with van der Waals surface area (Å²) in [5.41, 5.74) is 1.42. The average Bonchev–Trinajstić information content (AvgIpc) is 2.77. The molecule has 2 aliphatic heterocycles. The zero-order valence-corrected chi connectivity index (χ0v) is 17.3. The van der Waals surface area contributed by atoms with Crippen molar-refractivity contribution in [1.29, 1.82) is 0 Å². The van der Waals surface area contributed by atoms with Gasteiger partial charge in [-0.05, 0) is 48.5 Å². The molecule has 4 atom stereocenters. The van der Waals surface area contributed by atoms with Crippen molar-refractivity contribution >= 4 is 23.2 Å². The number of carbonyl (C=O) groups excluding carboxylic acids is 2. The predicted octanol–water partition coefficient (Wildman–Crippen LogP) is 1.86. The fourth-order valence-electron chi connectivity index (χ4n) is 4.20. The number of anilines is 2. The van der Waals surface area contributed by atoms with E-state index < -0.39 is 12.2 Å². The summed E-state index contributed by atoms with van der Waals surface area (Å²) >= 11 is 0. The lowest BCUT2D eigenvalue weighted by atomic mass is 9.80. The molecule has 0 bridgehead atoms. The Morgan fingerprint density at radius 2 is 0.933 bits per heavy atom. The molecule has 0 aromatic heterocycles. The van der Waals surface area contributed by atoms with Crippen LogP contribution < -0.4 is 19.3 Å². The summed E-state index contributed by atoms with van der Waals surface area (Å²) in [4.78, 5) is 28.9. The second-order valence-electron chi connectivity index (χ2n) is 7.11. The monoisotopic (exact) mass is 412 g/mol. The molecule has 0 spiro atoms. The van der Waals surface area contributed by atoms with E-state index in [0.29, 0.717) is 22.9 Å². The summed E-state index contributed by atoms with van der Waals surface area (Å²) in [7, 11) is 6.18. The van der Waals surface area contributed by atoms with E-state index >= 15 is 0 Å². The van der Waals surface area contributed by atoms with E-state index in [0.717, 1.165) is 0 Å². The molecular weight excluding hydrogens is 388 g/mol. The van der Waals surface area contributed by atoms with Gasteiger partial charge >= 0.3 is 0 Å². The molecule has 0 N–H and O–H groups in total. The van der Waals surface area contributed by atoms with E-state index in [1.807, 2.05) is 24.3 Å². The molecular formula is C22H24N2O6. The highest BCUT2D eigenvalue weighted by Crippen LogP contribution is 2.41. The molecule has 2 amide bonds. The minimum atomic E-state index is -0.663. The third kappa shape index (κ3) is 3.00. The van der Waals surface area contributed by atoms with E-state index in [-0.39, 0.29) is 23.9 Å². The minimum absolute atomic E-state index is 0.156. The smallest absolute Gasteiger partial charge is 0.258 e. The van der Waals surface area contributed by atoms with Gasteiger partial charge in [-0.2, -0.15) is 0 Å². The van der Waals surface area contributed by atoms with Gasteiger partial charge in [-0.15, -0.1) is 0 Å². The zero-order valence-electron chi connectivity index (χ0n) is 17.3. The van der Waals surface area contributed by atoms with Crippen molar-refractivity contribution in [2.45, 2.75) is 24.3 Å². The number of amides is 2. The molecule has 30 heavy (non-hydrogen) atoms. The highest BCUT2D eigenvalue weighted by Gasteiger charge is 2.63. The summed E-state index contributed by atoms with van der Waals surface area (Å²) in [6.07, 6.45) is -1.33. The number of carbonyl (C=O) groups is 2. The standard InChI is InChI=1S/C22H24N2O6/c1-27-15-9-5-13(6-10-15)23-17(19(29-3)21(23)25)18-20(30-4)22(26)24(18)14-7-11-16(28-2)12-8-14/h5-12,17-20H,1-4H3/t17-,18-,19+,20+/m1/s1. The van der Waals surface area contributed by atoms with Gasteiger partial charge in [0.15, 0.2) is 12.2 Å². The molecule has 158 valence electrons. The van der Waals surface area contributed by atoms with Crippen LogP contribution in [0.1, 0.15) is 0 Å². The van der Waals surface area contributed by atoms with Crippen LogP contribution in [0.2, 0.25) is 0 Å². The number of nitrogens with zero attached hydrogens (tertiary/aromatic N) is 2. The molecule has 0 radical (unpaired) electrons. The molecule has 0 aliphatic carbocycles. The van der Waals surface area contributed by atoms with Gasteiger partial charge in [0.05, 0.1) is 26.3 Å². The van der Waals surface area contributed by atoms with Gasteiger partial charge in [-0.3, -0.25) is 9.59 Å². The number of ether oxygens (including phenoxy) is 4. The third-order valence-electron chi connectivity index (χ3n) is 5.74. The lowest BCUT2D eigenvalue weighted by molar-refractivity contribution is -0.152. The summed E-state index contributed by atoms with van der Waals surface area (Å²) in [5, 5.41) is 0. The maximum atomic E-state index is 12.8. The van der Waals surface area contributed by atoms with Crippen LogP contribution in [0.15, 0.2) is 48.5 Å². The van der Waals surface area contributed by atoms with Crippen molar-refractivity contribution in [3.63, 3.8) is 0 Å². The van der Waals surface area contributed by atoms with Crippen LogP contribution in [0.25, 0.3) is 0 Å². The van der Waals surface area contributed by atoms with Gasteiger partial charge < -0.3 is 28.7 Å². The molecule has 8 nitrogen and oxygen atoms in total. The van der Waals surface area contributed by atoms with E-state index in [9.17, 15) is 9.59 Å². The van der Waals surface area contributed by atoms with Gasteiger partial charge in [-0.1, -0.05) is 0 Å². The molecule has 2 aliphatic rings. The fraction of sp³-hybridized carbons (Fsp3) is 0.364. The Hall–Kier alpha value is -3.10. The SMILES string of the molecule is COc1ccc(N2C(=O)[C@@H](OC)[C@H]2[C@@H]2[C@H](OC)C(=O)N2c2ccc(OC)cc2)cc1. The van der Waals surface area contributed by atoms with Gasteiger partial charge in [0.25, 0.3) is 11.8 Å². The van der Waals surface area contributed by atoms with E-state index in [1.165, 1.54) is 14.2 Å². The number of β-lactam (4-membered cyclic amide) rings is 2. The van der Waals surface area contributed by atoms with Crippen molar-refractivity contribution in [3.8, 4) is 11.5 Å². The number of hydrogen-bond acceptors (Lipinski definition) is 6. The normalized spacial score (nSPS) is 25.6. The Morgan fingerprint density at radius 1 is 0.600 bits per heavy atom. The van der Waals surface area contributed by atoms with Crippen LogP contribution in [0.3, 0.4) is 0 Å². The summed E-state index contributed by atoms with van der Waals surface area (Å²) in [5.74, 6) is 1.08. The second-order valence-corrected chi connectivity index (χ2v) is 7.11. The summed E-state index contributed by atoms with van der Waals surface area (Å²) in [6, 6.07) is 13.7. The maximum Gasteiger partial charge on any atom is 0.258 e. The summed E-state index contributed by atoms with van der Waals surface area (Å²) in [6.45, 7) is 0. The highest BCUT2D eigenvalue weighted by molar-refractivity contribution is 6.10. The van der Waals surface area contributed by atoms with Crippen molar-refractivity contribution in [2.75, 3.05) is 38.2 Å². The number of hydrogen-bond donors (Lipinski definition) is 0. The molecule has 2 heterocycles. The fourth-order valence-corrected chi connectivity index (χ4v) is 4.20. The Bertz CT molecular complexity index is 852. The average molecular weight is 412 g/mol. The predicted molar refractivity (Wildman–Crippen MR) is 110 cm³/mol. The van der Waals surface area contributed by atoms with Crippen LogP contribution in [0.4, 0.5) is 11.4 Å². The number of rotatable bonds is 7. The lowest BCUT2D eigenvalue weighted by Gasteiger charge is -2.57. The molecule has 0 unspecified atom stereocenters. The quantitative estimate of drug-likeness (QED) is 0.646. The van der Waals surface area contributed by atoms with Crippen molar-refractivity contribution < 1.29 is 28.5 Å². The van der Waals surface area contributed by atoms with E-state index in [2.05, 4.69) is 0 Å². The molecule has 2 aromatic rings. The first-order valence-corrected chi connectivity index (χ1v) is 9.55. The Balaban J connectivity index is 1.68. The third-order valence-corrected chi connectivity index (χ3v) is 5.74. The van der Waals surface area contributed by atoms with Gasteiger partial charge in [-0.25, -0.2) is 0 Å². The highest BCUT2D eigenvalue weighted by atomic mass is 16.5. The van der Waals surface area contributed by atoms with Crippen LogP contribution in [-0.4, -0.2) is 64.5 Å². The molecule has 2 fully saturated rings. The van der Waals surface area contributed by atoms with Crippen LogP contribution >= 0.6 is 0 Å². The molecule has 2 aromatic carbocycles. The number of methoxy groups -OCH3 is 4. The van der Waals surface area contributed by atoms with Crippen molar-refractivity contribution in [1.82, 2.24) is 0 Å². The second kappa shape index (κ2) is 7.97. The first-order valence-electron chi connectivity index (χ1n) is 9.55. The Labute approximate surface area is 174 Å². The zero-order chi connectivity index (χ0) is 21.4. The van der Waals surface area contributed by atoms with Gasteiger partial charge in [0, 0.05) is 25.6 Å². The lowest BCUT2D eigenvalue weighted by Crippen LogP contribution is -2.81. The largest absolute Gasteiger partial charge is 0.497 e. The van der Waals surface area contributed by atoms with E-state index in [4.69, 9.17) is 18.9 Å². The Kier molecular flexibility index (Phi) is 5.36. The van der Waals surface area contributed by atoms with Crippen molar-refractivity contribution in [3.05, 3.63) is 48.5 Å². The van der Waals surface area contributed by atoms with Crippen LogP contribution in [0, 0.1) is 0 Å². The van der Waals surface area contributed by atoms with E-state index in [1.54, 1.807) is 48.3 Å². The molecule has 8 heteroatoms. The number of benzene rings is 2.